The molecule has 8 nitrogen and oxygen atoms in total. The van der Waals surface area contributed by atoms with Crippen LogP contribution >= 0.6 is 12.4 Å². The number of aromatic amines is 1. The largest absolute Gasteiger partial charge is 0.504 e. The van der Waals surface area contributed by atoms with E-state index in [9.17, 15) is 15.0 Å². The van der Waals surface area contributed by atoms with Gasteiger partial charge in [0.05, 0.1) is 5.52 Å². The van der Waals surface area contributed by atoms with Crippen molar-refractivity contribution in [2.75, 3.05) is 26.3 Å². The van der Waals surface area contributed by atoms with E-state index in [2.05, 4.69) is 15.3 Å². The zero-order valence-electron chi connectivity index (χ0n) is 16.8. The highest BCUT2D eigenvalue weighted by molar-refractivity contribution is 5.85. The number of nitrogens with one attached hydrogen (secondary N) is 2. The molecule has 1 heterocycles. The average molecular weight is 436 g/mol. The number of nitrogens with zero attached hydrogens (tertiary/aromatic N) is 1. The summed E-state index contributed by atoms with van der Waals surface area (Å²) in [6.07, 6.45) is -0.736. The topological polar surface area (TPSA) is 117 Å². The van der Waals surface area contributed by atoms with Gasteiger partial charge in [-0.05, 0) is 37.6 Å². The van der Waals surface area contributed by atoms with Gasteiger partial charge in [0, 0.05) is 13.1 Å². The molecule has 1 unspecified atom stereocenters. The Morgan fingerprint density at radius 1 is 1.13 bits per heavy atom. The monoisotopic (exact) mass is 435 g/mol. The van der Waals surface area contributed by atoms with Gasteiger partial charge in [-0.2, -0.15) is 0 Å². The van der Waals surface area contributed by atoms with Gasteiger partial charge < -0.3 is 30.0 Å². The van der Waals surface area contributed by atoms with Crippen LogP contribution in [0.3, 0.4) is 0 Å². The molecule has 3 rings (SSSR count). The number of hydrogen-bond donors (Lipinski definition) is 4. The second kappa shape index (κ2) is 10.8. The third kappa shape index (κ3) is 5.85. The van der Waals surface area contributed by atoms with Crippen LogP contribution in [0.4, 0.5) is 0 Å². The van der Waals surface area contributed by atoms with Gasteiger partial charge in [0.15, 0.2) is 11.5 Å². The molecule has 0 saturated heterocycles. The van der Waals surface area contributed by atoms with E-state index < -0.39 is 6.10 Å². The van der Waals surface area contributed by atoms with Crippen LogP contribution < -0.4 is 20.3 Å². The van der Waals surface area contributed by atoms with E-state index in [-0.39, 0.29) is 30.3 Å². The lowest BCUT2D eigenvalue weighted by Gasteiger charge is -2.15. The number of aromatic hydroxyl groups is 1. The maximum atomic E-state index is 11.8. The van der Waals surface area contributed by atoms with Crippen LogP contribution in [0.25, 0.3) is 11.0 Å². The summed E-state index contributed by atoms with van der Waals surface area (Å²) in [5, 5.41) is 22.9. The van der Waals surface area contributed by atoms with Gasteiger partial charge in [-0.15, -0.1) is 12.4 Å². The Labute approximate surface area is 180 Å². The first kappa shape index (κ1) is 23.5. The zero-order valence-corrected chi connectivity index (χ0v) is 17.7. The number of phenols is 1. The highest BCUT2D eigenvalue weighted by atomic mass is 35.5. The summed E-state index contributed by atoms with van der Waals surface area (Å²) in [6, 6.07) is 10.4. The molecule has 1 atom stereocenters. The Morgan fingerprint density at radius 2 is 1.90 bits per heavy atom. The van der Waals surface area contributed by atoms with Crippen LogP contribution in [0.5, 0.6) is 17.2 Å². The molecule has 4 N–H and O–H groups in total. The molecule has 0 aliphatic carbocycles. The summed E-state index contributed by atoms with van der Waals surface area (Å²) in [4.78, 5) is 19.0. The molecule has 3 aromatic rings. The molecule has 0 bridgehead atoms. The first-order valence-electron chi connectivity index (χ1n) is 9.38. The van der Waals surface area contributed by atoms with Crippen LogP contribution in [0.1, 0.15) is 11.3 Å². The molecular formula is C21H26ClN3O5. The molecule has 2 aromatic carbocycles. The van der Waals surface area contributed by atoms with E-state index in [4.69, 9.17) is 9.47 Å². The normalized spacial score (nSPS) is 11.7. The predicted molar refractivity (Wildman–Crippen MR) is 117 cm³/mol. The molecule has 0 amide bonds. The van der Waals surface area contributed by atoms with Crippen molar-refractivity contribution in [3.63, 3.8) is 0 Å². The van der Waals surface area contributed by atoms with Crippen molar-refractivity contribution in [1.82, 2.24) is 15.3 Å². The van der Waals surface area contributed by atoms with Gasteiger partial charge >= 0.3 is 0 Å². The molecule has 0 radical (unpaired) electrons. The number of ether oxygens (including phenoxy) is 2. The number of aromatic nitrogens is 2. The van der Waals surface area contributed by atoms with Crippen molar-refractivity contribution < 1.29 is 19.7 Å². The number of hydrogen-bond acceptors (Lipinski definition) is 7. The van der Waals surface area contributed by atoms with E-state index in [0.29, 0.717) is 47.9 Å². The fourth-order valence-corrected chi connectivity index (χ4v) is 2.81. The van der Waals surface area contributed by atoms with Gasteiger partial charge in [-0.3, -0.25) is 4.79 Å². The highest BCUT2D eigenvalue weighted by Gasteiger charge is 2.12. The lowest BCUT2D eigenvalue weighted by Crippen LogP contribution is -2.33. The molecule has 0 saturated carbocycles. The standard InChI is InChI=1S/C21H25N3O5.ClH/c1-13-7-8-18(20-19(13)24-21(27)14(2)23-20)29-12-15(25)11-22-9-10-28-17-6-4-3-5-16(17)26;/h3-8,15,22,25-26H,9-12H2,1-2H3,(H,24,27);1H. The fourth-order valence-electron chi connectivity index (χ4n) is 2.81. The van der Waals surface area contributed by atoms with Crippen LogP contribution in [0.15, 0.2) is 41.2 Å². The Bertz CT molecular complexity index is 1040. The van der Waals surface area contributed by atoms with Crippen molar-refractivity contribution >= 4 is 23.4 Å². The number of aliphatic hydroxyl groups excluding tert-OH is 1. The summed E-state index contributed by atoms with van der Waals surface area (Å²) < 4.78 is 11.2. The smallest absolute Gasteiger partial charge is 0.269 e. The summed E-state index contributed by atoms with van der Waals surface area (Å²) in [5.41, 5.74) is 2.22. The van der Waals surface area contributed by atoms with E-state index in [1.54, 1.807) is 37.3 Å². The first-order valence-corrected chi connectivity index (χ1v) is 9.38. The lowest BCUT2D eigenvalue weighted by molar-refractivity contribution is 0.106. The van der Waals surface area contributed by atoms with Crippen molar-refractivity contribution in [2.24, 2.45) is 0 Å². The van der Waals surface area contributed by atoms with Gasteiger partial charge in [0.25, 0.3) is 5.56 Å². The van der Waals surface area contributed by atoms with E-state index in [1.807, 2.05) is 13.0 Å². The minimum atomic E-state index is -0.736. The Morgan fingerprint density at radius 3 is 2.67 bits per heavy atom. The number of aliphatic hydroxyl groups is 1. The second-order valence-electron chi connectivity index (χ2n) is 6.74. The SMILES string of the molecule is Cc1nc2c(OCC(O)CNCCOc3ccccc3O)ccc(C)c2[nH]c1=O.Cl. The number of rotatable bonds is 9. The van der Waals surface area contributed by atoms with Gasteiger partial charge in [-0.25, -0.2) is 4.98 Å². The third-order valence-corrected chi connectivity index (χ3v) is 4.41. The minimum absolute atomic E-state index is 0. The predicted octanol–water partition coefficient (Wildman–Crippen LogP) is 2.08. The third-order valence-electron chi connectivity index (χ3n) is 4.41. The molecular weight excluding hydrogens is 410 g/mol. The molecule has 0 aliphatic rings. The number of aryl methyl sites for hydroxylation is 2. The van der Waals surface area contributed by atoms with Crippen molar-refractivity contribution in [2.45, 2.75) is 20.0 Å². The number of halogens is 1. The molecule has 9 heteroatoms. The minimum Gasteiger partial charge on any atom is -0.504 e. The number of para-hydroxylation sites is 2. The van der Waals surface area contributed by atoms with E-state index >= 15 is 0 Å². The van der Waals surface area contributed by atoms with Gasteiger partial charge in [0.2, 0.25) is 0 Å². The summed E-state index contributed by atoms with van der Waals surface area (Å²) in [5.74, 6) is 1.02. The molecule has 30 heavy (non-hydrogen) atoms. The maximum Gasteiger partial charge on any atom is 0.269 e. The van der Waals surface area contributed by atoms with Crippen LogP contribution in [-0.4, -0.2) is 52.6 Å². The van der Waals surface area contributed by atoms with Gasteiger partial charge in [0.1, 0.15) is 36.3 Å². The van der Waals surface area contributed by atoms with Crippen molar-refractivity contribution in [3.05, 3.63) is 58.0 Å². The number of fused-ring (bicyclic) bond motifs is 1. The first-order chi connectivity index (χ1) is 14.0. The highest BCUT2D eigenvalue weighted by Crippen LogP contribution is 2.25. The van der Waals surface area contributed by atoms with Crippen LogP contribution in [0, 0.1) is 13.8 Å². The quantitative estimate of drug-likeness (QED) is 0.380. The summed E-state index contributed by atoms with van der Waals surface area (Å²) in [7, 11) is 0. The lowest BCUT2D eigenvalue weighted by atomic mass is 10.2. The summed E-state index contributed by atoms with van der Waals surface area (Å²) in [6.45, 7) is 4.77. The van der Waals surface area contributed by atoms with Crippen LogP contribution in [0.2, 0.25) is 0 Å². The van der Waals surface area contributed by atoms with Crippen molar-refractivity contribution in [3.8, 4) is 17.2 Å². The zero-order chi connectivity index (χ0) is 20.8. The maximum absolute atomic E-state index is 11.8. The van der Waals surface area contributed by atoms with Crippen molar-refractivity contribution in [1.29, 1.82) is 0 Å². The Kier molecular flexibility index (Phi) is 8.46. The number of phenolic OH excluding ortho intramolecular Hbond substituents is 1. The second-order valence-corrected chi connectivity index (χ2v) is 6.74. The Balaban J connectivity index is 0.00000320. The molecule has 162 valence electrons. The van der Waals surface area contributed by atoms with Gasteiger partial charge in [-0.1, -0.05) is 18.2 Å². The average Bonchev–Trinajstić information content (AvgIpc) is 2.70. The molecule has 0 fully saturated rings. The van der Waals surface area contributed by atoms with E-state index in [1.165, 1.54) is 0 Å². The van der Waals surface area contributed by atoms with Crippen LogP contribution in [-0.2, 0) is 0 Å². The molecule has 1 aromatic heterocycles. The summed E-state index contributed by atoms with van der Waals surface area (Å²) >= 11 is 0. The molecule has 0 spiro atoms. The number of H-pyrrole nitrogens is 1. The molecule has 0 aliphatic heterocycles. The van der Waals surface area contributed by atoms with E-state index in [0.717, 1.165) is 5.56 Å². The number of benzene rings is 2. The fraction of sp³-hybridized carbons (Fsp3) is 0.333. The Hall–Kier alpha value is -2.81.